The van der Waals surface area contributed by atoms with E-state index < -0.39 is 12.6 Å². The molecule has 27 heavy (non-hydrogen) atoms. The Bertz CT molecular complexity index is 1200. The van der Waals surface area contributed by atoms with Crippen LogP contribution in [0.1, 0.15) is 12.0 Å². The van der Waals surface area contributed by atoms with E-state index >= 15 is 0 Å². The van der Waals surface area contributed by atoms with Crippen LogP contribution in [0.4, 0.5) is 13.2 Å². The van der Waals surface area contributed by atoms with Crippen LogP contribution < -0.4 is 5.56 Å². The second-order valence-corrected chi connectivity index (χ2v) is 6.74. The lowest BCUT2D eigenvalue weighted by atomic mass is 10.1. The molecular formula is C19H14ClF3N2O2. The summed E-state index contributed by atoms with van der Waals surface area (Å²) >= 11 is 6.32. The molecule has 3 aromatic heterocycles. The molecule has 0 aliphatic heterocycles. The number of nitrogens with zero attached hydrogens (tertiary/aromatic N) is 1. The van der Waals surface area contributed by atoms with Crippen LogP contribution in [0.25, 0.3) is 33.3 Å². The van der Waals surface area contributed by atoms with Gasteiger partial charge < -0.3 is 14.0 Å². The number of furan rings is 1. The van der Waals surface area contributed by atoms with Crippen LogP contribution >= 0.6 is 11.6 Å². The normalized spacial score (nSPS) is 12.3. The summed E-state index contributed by atoms with van der Waals surface area (Å²) in [6, 6.07) is 8.00. The molecule has 1 aromatic carbocycles. The topological polar surface area (TPSA) is 50.9 Å². The van der Waals surface area contributed by atoms with Crippen molar-refractivity contribution in [2.75, 3.05) is 0 Å². The van der Waals surface area contributed by atoms with Gasteiger partial charge in [-0.1, -0.05) is 11.6 Å². The van der Waals surface area contributed by atoms with Gasteiger partial charge >= 0.3 is 6.18 Å². The number of H-pyrrole nitrogens is 1. The van der Waals surface area contributed by atoms with Crippen LogP contribution in [-0.2, 0) is 6.54 Å². The third kappa shape index (κ3) is 3.02. The second kappa shape index (κ2) is 6.20. The van der Waals surface area contributed by atoms with E-state index in [0.29, 0.717) is 33.3 Å². The van der Waals surface area contributed by atoms with Gasteiger partial charge in [-0.2, -0.15) is 13.2 Å². The van der Waals surface area contributed by atoms with Crippen molar-refractivity contribution in [1.29, 1.82) is 0 Å². The summed E-state index contributed by atoms with van der Waals surface area (Å²) in [5.74, 6) is 0.472. The van der Waals surface area contributed by atoms with Crippen molar-refractivity contribution in [2.24, 2.45) is 0 Å². The third-order valence-electron chi connectivity index (χ3n) is 4.60. The Morgan fingerprint density at radius 1 is 1.22 bits per heavy atom. The summed E-state index contributed by atoms with van der Waals surface area (Å²) in [5, 5.41) is 1.55. The zero-order chi connectivity index (χ0) is 19.3. The van der Waals surface area contributed by atoms with Gasteiger partial charge in [0.1, 0.15) is 0 Å². The van der Waals surface area contributed by atoms with E-state index in [0.717, 1.165) is 5.56 Å². The highest BCUT2D eigenvalue weighted by atomic mass is 35.5. The van der Waals surface area contributed by atoms with Gasteiger partial charge in [-0.25, -0.2) is 0 Å². The number of fused-ring (bicyclic) bond motifs is 3. The van der Waals surface area contributed by atoms with Gasteiger partial charge in [0.15, 0.2) is 5.76 Å². The molecule has 4 rings (SSSR count). The summed E-state index contributed by atoms with van der Waals surface area (Å²) < 4.78 is 45.7. The summed E-state index contributed by atoms with van der Waals surface area (Å²) in [6.45, 7) is 1.56. The van der Waals surface area contributed by atoms with E-state index in [2.05, 4.69) is 4.98 Å². The fourth-order valence-corrected chi connectivity index (χ4v) is 3.84. The van der Waals surface area contributed by atoms with Crippen LogP contribution in [-0.4, -0.2) is 15.7 Å². The fraction of sp³-hybridized carbons (Fsp3) is 0.211. The van der Waals surface area contributed by atoms with Gasteiger partial charge in [-0.05, 0) is 36.8 Å². The number of pyridine rings is 1. The minimum absolute atomic E-state index is 0.251. The molecule has 3 heterocycles. The van der Waals surface area contributed by atoms with Crippen molar-refractivity contribution < 1.29 is 17.6 Å². The highest BCUT2D eigenvalue weighted by Gasteiger charge is 2.29. The van der Waals surface area contributed by atoms with Crippen molar-refractivity contribution in [3.05, 3.63) is 57.5 Å². The number of hydrogen-bond donors (Lipinski definition) is 1. The Balaban J connectivity index is 2.09. The molecule has 0 fully saturated rings. The highest BCUT2D eigenvalue weighted by molar-refractivity contribution is 6.37. The molecule has 0 spiro atoms. The molecule has 0 saturated heterocycles. The Morgan fingerprint density at radius 3 is 2.67 bits per heavy atom. The zero-order valence-electron chi connectivity index (χ0n) is 14.2. The average Bonchev–Trinajstić information content (AvgIpc) is 3.18. The van der Waals surface area contributed by atoms with Gasteiger partial charge in [-0.3, -0.25) is 4.79 Å². The third-order valence-corrected chi connectivity index (χ3v) is 4.90. The molecule has 0 atom stereocenters. The van der Waals surface area contributed by atoms with E-state index in [1.165, 1.54) is 12.3 Å². The van der Waals surface area contributed by atoms with Crippen LogP contribution in [0.2, 0.25) is 5.02 Å². The molecule has 0 aliphatic rings. The standard InChI is InChI=1S/C19H14ClF3N2O2/c1-10-16-13(5-4-12-17(16)11(20)9-15(26)24-12)25(7-6-19(21,22)23)18(10)14-3-2-8-27-14/h2-5,8-9H,6-7H2,1H3,(H,24,26). The lowest BCUT2D eigenvalue weighted by molar-refractivity contribution is -0.136. The summed E-state index contributed by atoms with van der Waals surface area (Å²) in [6.07, 6.45) is -3.78. The predicted octanol–water partition coefficient (Wildman–Crippen LogP) is 5.66. The number of aromatic amines is 1. The van der Waals surface area contributed by atoms with Gasteiger partial charge in [0.25, 0.3) is 0 Å². The first kappa shape index (κ1) is 17.7. The number of hydrogen-bond acceptors (Lipinski definition) is 2. The number of rotatable bonds is 3. The first-order chi connectivity index (χ1) is 12.8. The quantitative estimate of drug-likeness (QED) is 0.487. The molecule has 140 valence electrons. The highest BCUT2D eigenvalue weighted by Crippen LogP contribution is 2.39. The van der Waals surface area contributed by atoms with Crippen molar-refractivity contribution in [3.8, 4) is 11.5 Å². The maximum absolute atomic E-state index is 12.9. The molecule has 0 amide bonds. The minimum Gasteiger partial charge on any atom is -0.463 e. The van der Waals surface area contributed by atoms with E-state index in [4.69, 9.17) is 16.0 Å². The zero-order valence-corrected chi connectivity index (χ0v) is 14.9. The van der Waals surface area contributed by atoms with Crippen LogP contribution in [0.15, 0.2) is 45.8 Å². The Morgan fingerprint density at radius 2 is 2.00 bits per heavy atom. The predicted molar refractivity (Wildman–Crippen MR) is 98.2 cm³/mol. The monoisotopic (exact) mass is 394 g/mol. The van der Waals surface area contributed by atoms with E-state index in [1.54, 1.807) is 28.8 Å². The van der Waals surface area contributed by atoms with Crippen molar-refractivity contribution in [3.63, 3.8) is 0 Å². The lowest BCUT2D eigenvalue weighted by Crippen LogP contribution is -2.13. The molecule has 8 heteroatoms. The number of halogens is 4. The number of alkyl halides is 3. The molecule has 0 radical (unpaired) electrons. The maximum Gasteiger partial charge on any atom is 0.390 e. The van der Waals surface area contributed by atoms with Crippen molar-refractivity contribution >= 4 is 33.4 Å². The van der Waals surface area contributed by atoms with Crippen molar-refractivity contribution in [2.45, 2.75) is 26.1 Å². The van der Waals surface area contributed by atoms with E-state index in [-0.39, 0.29) is 17.1 Å². The Kier molecular flexibility index (Phi) is 4.07. The number of benzene rings is 1. The van der Waals surface area contributed by atoms with E-state index in [1.807, 2.05) is 6.92 Å². The molecular weight excluding hydrogens is 381 g/mol. The van der Waals surface area contributed by atoms with E-state index in [9.17, 15) is 18.0 Å². The molecule has 1 N–H and O–H groups in total. The number of nitrogens with one attached hydrogen (secondary N) is 1. The molecule has 0 saturated carbocycles. The Hall–Kier alpha value is -2.67. The van der Waals surface area contributed by atoms with Gasteiger partial charge in [0.05, 0.1) is 28.9 Å². The minimum atomic E-state index is -4.29. The first-order valence-electron chi connectivity index (χ1n) is 8.21. The SMILES string of the molecule is Cc1c(-c2ccco2)n(CCC(F)(F)F)c2ccc3[nH]c(=O)cc(Cl)c3c12. The van der Waals surface area contributed by atoms with Gasteiger partial charge in [0, 0.05) is 28.9 Å². The molecule has 0 bridgehead atoms. The fourth-order valence-electron chi connectivity index (χ4n) is 3.55. The van der Waals surface area contributed by atoms with Gasteiger partial charge in [0.2, 0.25) is 5.56 Å². The molecule has 4 nitrogen and oxygen atoms in total. The molecule has 4 aromatic rings. The first-order valence-corrected chi connectivity index (χ1v) is 8.59. The molecule has 0 aliphatic carbocycles. The molecule has 0 unspecified atom stereocenters. The largest absolute Gasteiger partial charge is 0.463 e. The van der Waals surface area contributed by atoms with Crippen LogP contribution in [0.3, 0.4) is 0 Å². The summed E-state index contributed by atoms with van der Waals surface area (Å²) in [5.41, 5.74) is 2.09. The number of aromatic nitrogens is 2. The number of aryl methyl sites for hydroxylation is 2. The summed E-state index contributed by atoms with van der Waals surface area (Å²) in [7, 11) is 0. The van der Waals surface area contributed by atoms with Crippen molar-refractivity contribution in [1.82, 2.24) is 9.55 Å². The summed E-state index contributed by atoms with van der Waals surface area (Å²) in [4.78, 5) is 14.4. The van der Waals surface area contributed by atoms with Crippen LogP contribution in [0.5, 0.6) is 0 Å². The van der Waals surface area contributed by atoms with Crippen LogP contribution in [0, 0.1) is 6.92 Å². The maximum atomic E-state index is 12.9. The smallest absolute Gasteiger partial charge is 0.390 e. The van der Waals surface area contributed by atoms with Gasteiger partial charge in [-0.15, -0.1) is 0 Å². The lowest BCUT2D eigenvalue weighted by Gasteiger charge is -2.12. The Labute approximate surface area is 156 Å². The average molecular weight is 395 g/mol. The second-order valence-electron chi connectivity index (χ2n) is 6.33.